The molecule has 0 aliphatic carbocycles. The van der Waals surface area contributed by atoms with Crippen LogP contribution in [0.2, 0.25) is 5.02 Å². The van der Waals surface area contributed by atoms with E-state index in [1.54, 1.807) is 24.7 Å². The fourth-order valence-corrected chi connectivity index (χ4v) is 2.20. The van der Waals surface area contributed by atoms with E-state index in [4.69, 9.17) is 16.3 Å². The Bertz CT molecular complexity index is 587. The SMILES string of the molecule is CC[C@@H](Oc1ccccc1Cl)C(=O)NCCCn1ccnc1. The Morgan fingerprint density at radius 2 is 2.27 bits per heavy atom. The van der Waals surface area contributed by atoms with Gasteiger partial charge in [0.05, 0.1) is 11.3 Å². The number of benzene rings is 1. The Kier molecular flexibility index (Phi) is 6.27. The van der Waals surface area contributed by atoms with Crippen molar-refractivity contribution in [3.05, 3.63) is 48.0 Å². The minimum absolute atomic E-state index is 0.118. The third kappa shape index (κ3) is 4.77. The summed E-state index contributed by atoms with van der Waals surface area (Å²) in [6.45, 7) is 3.33. The second-order valence-corrected chi connectivity index (χ2v) is 5.30. The molecule has 0 bridgehead atoms. The maximum atomic E-state index is 12.2. The van der Waals surface area contributed by atoms with Gasteiger partial charge in [0.15, 0.2) is 6.10 Å². The highest BCUT2D eigenvalue weighted by Gasteiger charge is 2.18. The van der Waals surface area contributed by atoms with Gasteiger partial charge in [0.1, 0.15) is 5.75 Å². The van der Waals surface area contributed by atoms with Crippen LogP contribution in [0.4, 0.5) is 0 Å². The van der Waals surface area contributed by atoms with Crippen LogP contribution in [-0.2, 0) is 11.3 Å². The molecule has 0 radical (unpaired) electrons. The van der Waals surface area contributed by atoms with Crippen molar-refractivity contribution < 1.29 is 9.53 Å². The van der Waals surface area contributed by atoms with Gasteiger partial charge in [0, 0.05) is 25.5 Å². The standard InChI is InChI=1S/C16H20ClN3O2/c1-2-14(22-15-7-4-3-6-13(15)17)16(21)19-8-5-10-20-11-9-18-12-20/h3-4,6-7,9,11-12,14H,2,5,8,10H2,1H3,(H,19,21)/t14-/m1/s1. The lowest BCUT2D eigenvalue weighted by Crippen LogP contribution is -2.38. The molecule has 0 fully saturated rings. The molecule has 22 heavy (non-hydrogen) atoms. The lowest BCUT2D eigenvalue weighted by atomic mass is 10.2. The molecule has 0 saturated carbocycles. The van der Waals surface area contributed by atoms with Crippen LogP contribution in [0.15, 0.2) is 43.0 Å². The monoisotopic (exact) mass is 321 g/mol. The van der Waals surface area contributed by atoms with E-state index in [1.165, 1.54) is 0 Å². The number of para-hydroxylation sites is 1. The summed E-state index contributed by atoms with van der Waals surface area (Å²) < 4.78 is 7.68. The average molecular weight is 322 g/mol. The first-order valence-corrected chi connectivity index (χ1v) is 7.73. The van der Waals surface area contributed by atoms with Gasteiger partial charge < -0.3 is 14.6 Å². The van der Waals surface area contributed by atoms with Gasteiger partial charge in [-0.1, -0.05) is 30.7 Å². The molecule has 5 nitrogen and oxygen atoms in total. The zero-order chi connectivity index (χ0) is 15.8. The number of nitrogens with one attached hydrogen (secondary N) is 1. The molecule has 0 unspecified atom stereocenters. The number of hydrogen-bond donors (Lipinski definition) is 1. The third-order valence-corrected chi connectivity index (χ3v) is 3.53. The van der Waals surface area contributed by atoms with E-state index in [0.29, 0.717) is 23.7 Å². The van der Waals surface area contributed by atoms with Gasteiger partial charge in [0.2, 0.25) is 0 Å². The van der Waals surface area contributed by atoms with E-state index in [1.807, 2.05) is 29.8 Å². The minimum atomic E-state index is -0.534. The molecule has 1 amide bonds. The lowest BCUT2D eigenvalue weighted by molar-refractivity contribution is -0.128. The number of amides is 1. The number of imidazole rings is 1. The average Bonchev–Trinajstić information content (AvgIpc) is 3.04. The zero-order valence-electron chi connectivity index (χ0n) is 12.5. The highest BCUT2D eigenvalue weighted by atomic mass is 35.5. The molecule has 1 aromatic carbocycles. The second kappa shape index (κ2) is 8.44. The molecule has 0 saturated heterocycles. The summed E-state index contributed by atoms with van der Waals surface area (Å²) in [5, 5.41) is 3.40. The lowest BCUT2D eigenvalue weighted by Gasteiger charge is -2.18. The number of rotatable bonds is 8. The van der Waals surface area contributed by atoms with Crippen LogP contribution in [0.3, 0.4) is 0 Å². The van der Waals surface area contributed by atoms with Crippen molar-refractivity contribution in [3.8, 4) is 5.75 Å². The van der Waals surface area contributed by atoms with E-state index < -0.39 is 6.10 Å². The highest BCUT2D eigenvalue weighted by molar-refractivity contribution is 6.32. The topological polar surface area (TPSA) is 56.1 Å². The van der Waals surface area contributed by atoms with E-state index in [9.17, 15) is 4.79 Å². The molecule has 1 atom stereocenters. The minimum Gasteiger partial charge on any atom is -0.479 e. The van der Waals surface area contributed by atoms with Gasteiger partial charge in [-0.25, -0.2) is 4.98 Å². The number of ether oxygens (including phenoxy) is 1. The maximum absolute atomic E-state index is 12.2. The van der Waals surface area contributed by atoms with Crippen molar-refractivity contribution in [2.24, 2.45) is 0 Å². The van der Waals surface area contributed by atoms with E-state index in [2.05, 4.69) is 10.3 Å². The van der Waals surface area contributed by atoms with Crippen molar-refractivity contribution in [2.75, 3.05) is 6.54 Å². The maximum Gasteiger partial charge on any atom is 0.261 e. The Labute approximate surface area is 135 Å². The summed E-state index contributed by atoms with van der Waals surface area (Å²) in [5.41, 5.74) is 0. The zero-order valence-corrected chi connectivity index (χ0v) is 13.3. The van der Waals surface area contributed by atoms with E-state index in [-0.39, 0.29) is 5.91 Å². The highest BCUT2D eigenvalue weighted by Crippen LogP contribution is 2.24. The molecular formula is C16H20ClN3O2. The Morgan fingerprint density at radius 3 is 2.95 bits per heavy atom. The Morgan fingerprint density at radius 1 is 1.45 bits per heavy atom. The molecule has 0 aliphatic heterocycles. The molecule has 0 spiro atoms. The number of carbonyl (C=O) groups is 1. The molecule has 118 valence electrons. The van der Waals surface area contributed by atoms with E-state index in [0.717, 1.165) is 13.0 Å². The summed E-state index contributed by atoms with van der Waals surface area (Å²) in [4.78, 5) is 16.1. The van der Waals surface area contributed by atoms with Crippen LogP contribution in [0.1, 0.15) is 19.8 Å². The number of aryl methyl sites for hydroxylation is 1. The van der Waals surface area contributed by atoms with Gasteiger partial charge in [-0.3, -0.25) is 4.79 Å². The van der Waals surface area contributed by atoms with Crippen molar-refractivity contribution in [1.82, 2.24) is 14.9 Å². The van der Waals surface area contributed by atoms with Crippen molar-refractivity contribution in [3.63, 3.8) is 0 Å². The van der Waals surface area contributed by atoms with Crippen LogP contribution < -0.4 is 10.1 Å². The summed E-state index contributed by atoms with van der Waals surface area (Å²) in [7, 11) is 0. The van der Waals surface area contributed by atoms with Crippen LogP contribution in [0, 0.1) is 0 Å². The molecule has 1 heterocycles. The van der Waals surface area contributed by atoms with Gasteiger partial charge in [0.25, 0.3) is 5.91 Å². The van der Waals surface area contributed by atoms with Crippen LogP contribution in [0.25, 0.3) is 0 Å². The molecule has 1 aromatic heterocycles. The first-order valence-electron chi connectivity index (χ1n) is 7.35. The smallest absolute Gasteiger partial charge is 0.261 e. The summed E-state index contributed by atoms with van der Waals surface area (Å²) in [6.07, 6.45) is 6.29. The molecule has 6 heteroatoms. The van der Waals surface area contributed by atoms with Crippen LogP contribution >= 0.6 is 11.6 Å². The molecule has 0 aliphatic rings. The fraction of sp³-hybridized carbons (Fsp3) is 0.375. The normalized spacial score (nSPS) is 11.9. The Hall–Kier alpha value is -2.01. The third-order valence-electron chi connectivity index (χ3n) is 3.22. The number of nitrogens with zero attached hydrogens (tertiary/aromatic N) is 2. The van der Waals surface area contributed by atoms with Gasteiger partial charge in [-0.2, -0.15) is 0 Å². The summed E-state index contributed by atoms with van der Waals surface area (Å²) >= 11 is 6.05. The van der Waals surface area contributed by atoms with Crippen LogP contribution in [0.5, 0.6) is 5.75 Å². The first-order chi connectivity index (χ1) is 10.7. The molecule has 2 aromatic rings. The van der Waals surface area contributed by atoms with Crippen molar-refractivity contribution >= 4 is 17.5 Å². The van der Waals surface area contributed by atoms with E-state index >= 15 is 0 Å². The largest absolute Gasteiger partial charge is 0.479 e. The number of hydrogen-bond acceptors (Lipinski definition) is 3. The number of aromatic nitrogens is 2. The summed E-state index contributed by atoms with van der Waals surface area (Å²) in [5.74, 6) is 0.414. The van der Waals surface area contributed by atoms with Crippen LogP contribution in [-0.4, -0.2) is 28.1 Å². The second-order valence-electron chi connectivity index (χ2n) is 4.89. The van der Waals surface area contributed by atoms with Crippen molar-refractivity contribution in [1.29, 1.82) is 0 Å². The summed E-state index contributed by atoms with van der Waals surface area (Å²) in [6, 6.07) is 7.16. The predicted octanol–water partition coefficient (Wildman–Crippen LogP) is 2.90. The van der Waals surface area contributed by atoms with Gasteiger partial charge >= 0.3 is 0 Å². The molecular weight excluding hydrogens is 302 g/mol. The van der Waals surface area contributed by atoms with Gasteiger partial charge in [-0.05, 0) is 25.0 Å². The number of halogens is 1. The number of carbonyl (C=O) groups excluding carboxylic acids is 1. The van der Waals surface area contributed by atoms with Gasteiger partial charge in [-0.15, -0.1) is 0 Å². The quantitative estimate of drug-likeness (QED) is 0.761. The Balaban J connectivity index is 1.77. The van der Waals surface area contributed by atoms with Crippen molar-refractivity contribution in [2.45, 2.75) is 32.4 Å². The molecule has 2 rings (SSSR count). The first kappa shape index (κ1) is 16.4. The molecule has 1 N–H and O–H groups in total. The predicted molar refractivity (Wildman–Crippen MR) is 86.0 cm³/mol. The fourth-order valence-electron chi connectivity index (χ4n) is 2.02.